The molecule has 0 aliphatic heterocycles. The van der Waals surface area contributed by atoms with E-state index < -0.39 is 78.1 Å². The number of hydrogen-bond donors (Lipinski definition) is 10. The summed E-state index contributed by atoms with van der Waals surface area (Å²) >= 11 is 0. The number of aromatic hydroxyl groups is 1. The van der Waals surface area contributed by atoms with Gasteiger partial charge in [-0.15, -0.1) is 0 Å². The summed E-state index contributed by atoms with van der Waals surface area (Å²) in [5, 5.41) is 31.3. The maximum absolute atomic E-state index is 14.2. The van der Waals surface area contributed by atoms with Gasteiger partial charge in [0.2, 0.25) is 29.5 Å². The van der Waals surface area contributed by atoms with Crippen molar-refractivity contribution in [1.82, 2.24) is 31.2 Å². The highest BCUT2D eigenvalue weighted by Gasteiger charge is 2.34. The first kappa shape index (κ1) is 40.5. The van der Waals surface area contributed by atoms with Crippen molar-refractivity contribution in [3.63, 3.8) is 0 Å². The molecule has 5 aromatic rings. The van der Waals surface area contributed by atoms with Crippen LogP contribution >= 0.6 is 0 Å². The maximum Gasteiger partial charge on any atom is 0.305 e. The van der Waals surface area contributed by atoms with Gasteiger partial charge in [0.15, 0.2) is 0 Å². The highest BCUT2D eigenvalue weighted by molar-refractivity contribution is 5.97. The molecule has 3 aromatic carbocycles. The standard InChI is InChI=1S/C40H46N8O8/c1-21(2)35(40(56)45-31(36(42)52)16-23-19-43-29-9-5-3-7-26(23)29)48-39(55)33(17-24-20-44-30-10-6-4-8-27(24)30)47-38(54)32(15-22-11-13-25(49)14-12-22)46-37(53)28(41)18-34(50)51/h3-14,19-21,28,31-33,35,43-44,49H,15-18,41H2,1-2H3,(H2,42,52)(H,45,56)(H,46,53)(H,47,54)(H,48,55)(H,50,51)/t28-,31+,32-,33+,35-/m0/s1. The number of phenolic OH excluding ortho intramolecular Hbond substituents is 1. The van der Waals surface area contributed by atoms with E-state index in [1.165, 1.54) is 12.1 Å². The van der Waals surface area contributed by atoms with Crippen LogP contribution in [0, 0.1) is 5.92 Å². The third-order valence-corrected chi connectivity index (χ3v) is 9.48. The molecule has 0 aliphatic rings. The third kappa shape index (κ3) is 10.3. The first-order chi connectivity index (χ1) is 26.7. The van der Waals surface area contributed by atoms with E-state index in [0.29, 0.717) is 11.1 Å². The highest BCUT2D eigenvalue weighted by Crippen LogP contribution is 2.21. The number of rotatable bonds is 18. The summed E-state index contributed by atoms with van der Waals surface area (Å²) in [6.45, 7) is 3.42. The quantitative estimate of drug-likeness (QED) is 0.0614. The Bertz CT molecular complexity index is 2210. The number of benzene rings is 3. The second-order valence-electron chi connectivity index (χ2n) is 14.0. The van der Waals surface area contributed by atoms with Crippen molar-refractivity contribution in [2.24, 2.45) is 17.4 Å². The summed E-state index contributed by atoms with van der Waals surface area (Å²) < 4.78 is 0. The summed E-state index contributed by atoms with van der Waals surface area (Å²) in [6, 6.07) is 14.3. The lowest BCUT2D eigenvalue weighted by molar-refractivity contribution is -0.140. The minimum absolute atomic E-state index is 0.0263. The fraction of sp³-hybridized carbons (Fsp3) is 0.300. The van der Waals surface area contributed by atoms with Crippen LogP contribution in [0.5, 0.6) is 5.75 Å². The van der Waals surface area contributed by atoms with Crippen molar-refractivity contribution in [1.29, 1.82) is 0 Å². The molecule has 0 unspecified atom stereocenters. The topological polar surface area (TPSA) is 275 Å². The van der Waals surface area contributed by atoms with E-state index in [1.807, 2.05) is 48.5 Å². The molecular weight excluding hydrogens is 720 g/mol. The number of aromatic amines is 2. The van der Waals surface area contributed by atoms with E-state index in [2.05, 4.69) is 31.2 Å². The fourth-order valence-electron chi connectivity index (χ4n) is 6.43. The molecule has 5 atom stereocenters. The highest BCUT2D eigenvalue weighted by atomic mass is 16.4. The molecule has 0 saturated heterocycles. The van der Waals surface area contributed by atoms with Crippen LogP contribution < -0.4 is 32.7 Å². The number of carbonyl (C=O) groups excluding carboxylic acids is 5. The molecular formula is C40H46N8O8. The van der Waals surface area contributed by atoms with Gasteiger partial charge >= 0.3 is 5.97 Å². The number of amides is 5. The van der Waals surface area contributed by atoms with Crippen molar-refractivity contribution in [3.8, 4) is 5.75 Å². The number of carbonyl (C=O) groups is 6. The van der Waals surface area contributed by atoms with Gasteiger partial charge in [0.25, 0.3) is 0 Å². The van der Waals surface area contributed by atoms with Crippen LogP contribution in [0.4, 0.5) is 0 Å². The number of nitrogens with two attached hydrogens (primary N) is 2. The molecule has 16 heteroatoms. The zero-order chi connectivity index (χ0) is 40.5. The molecule has 0 aliphatic carbocycles. The monoisotopic (exact) mass is 766 g/mol. The van der Waals surface area contributed by atoms with Crippen molar-refractivity contribution >= 4 is 57.3 Å². The van der Waals surface area contributed by atoms with Crippen LogP contribution in [0.3, 0.4) is 0 Å². The van der Waals surface area contributed by atoms with Gasteiger partial charge in [0.05, 0.1) is 12.5 Å². The molecule has 12 N–H and O–H groups in total. The molecule has 5 rings (SSSR count). The summed E-state index contributed by atoms with van der Waals surface area (Å²) in [5.74, 6) is -5.70. The van der Waals surface area contributed by atoms with Crippen molar-refractivity contribution in [2.45, 2.75) is 69.7 Å². The number of phenols is 1. The van der Waals surface area contributed by atoms with Gasteiger partial charge < -0.3 is 52.9 Å². The lowest BCUT2D eigenvalue weighted by Crippen LogP contribution is -2.60. The van der Waals surface area contributed by atoms with Gasteiger partial charge in [-0.05, 0) is 46.9 Å². The Morgan fingerprint density at radius 3 is 1.66 bits per heavy atom. The van der Waals surface area contributed by atoms with Gasteiger partial charge in [0, 0.05) is 53.5 Å². The van der Waals surface area contributed by atoms with Crippen molar-refractivity contribution < 1.29 is 39.0 Å². The van der Waals surface area contributed by atoms with Crippen LogP contribution in [0.15, 0.2) is 85.2 Å². The summed E-state index contributed by atoms with van der Waals surface area (Å²) in [5.41, 5.74) is 15.1. The Kier molecular flexibility index (Phi) is 13.1. The Morgan fingerprint density at radius 2 is 1.12 bits per heavy atom. The largest absolute Gasteiger partial charge is 0.508 e. The Morgan fingerprint density at radius 1 is 0.643 bits per heavy atom. The van der Waals surface area contributed by atoms with Gasteiger partial charge in [-0.2, -0.15) is 0 Å². The van der Waals surface area contributed by atoms with Gasteiger partial charge in [-0.25, -0.2) is 0 Å². The predicted octanol–water partition coefficient (Wildman–Crippen LogP) is 1.27. The number of carboxylic acid groups (broad SMARTS) is 1. The van der Waals surface area contributed by atoms with Gasteiger partial charge in [-0.3, -0.25) is 28.8 Å². The molecule has 56 heavy (non-hydrogen) atoms. The molecule has 2 heterocycles. The maximum atomic E-state index is 14.2. The number of aromatic nitrogens is 2. The molecule has 5 amide bonds. The number of hydrogen-bond acceptors (Lipinski definition) is 8. The molecule has 0 bridgehead atoms. The second kappa shape index (κ2) is 18.1. The van der Waals surface area contributed by atoms with E-state index in [1.54, 1.807) is 38.4 Å². The SMILES string of the molecule is CC(C)[C@H](NC(=O)[C@@H](Cc1c[nH]c2ccccc12)NC(=O)[C@H](Cc1ccc(O)cc1)NC(=O)[C@@H](N)CC(=O)O)C(=O)N[C@H](Cc1c[nH]c2ccccc12)C(N)=O. The van der Waals surface area contributed by atoms with Crippen molar-refractivity contribution in [2.75, 3.05) is 0 Å². The van der Waals surface area contributed by atoms with Crippen LogP contribution in [-0.2, 0) is 48.0 Å². The number of H-pyrrole nitrogens is 2. The van der Waals surface area contributed by atoms with Crippen LogP contribution in [-0.4, -0.2) is 85.9 Å². The number of nitrogens with one attached hydrogen (secondary N) is 6. The average molecular weight is 767 g/mol. The minimum Gasteiger partial charge on any atom is -0.508 e. The average Bonchev–Trinajstić information content (AvgIpc) is 3.77. The zero-order valence-corrected chi connectivity index (χ0v) is 30.9. The summed E-state index contributed by atoms with van der Waals surface area (Å²) in [6.07, 6.45) is 2.68. The first-order valence-electron chi connectivity index (χ1n) is 18.1. The number of fused-ring (bicyclic) bond motifs is 2. The molecule has 0 fully saturated rings. The molecule has 0 radical (unpaired) electrons. The summed E-state index contributed by atoms with van der Waals surface area (Å²) in [4.78, 5) is 85.2. The molecule has 16 nitrogen and oxygen atoms in total. The van der Waals surface area contributed by atoms with Crippen LogP contribution in [0.1, 0.15) is 37.0 Å². The van der Waals surface area contributed by atoms with Gasteiger partial charge in [-0.1, -0.05) is 62.4 Å². The Hall–Kier alpha value is -6.68. The number of carboxylic acids is 1. The number of aliphatic carboxylic acids is 1. The van der Waals surface area contributed by atoms with Crippen LogP contribution in [0.25, 0.3) is 21.8 Å². The van der Waals surface area contributed by atoms with E-state index >= 15 is 0 Å². The number of para-hydroxylation sites is 2. The van der Waals surface area contributed by atoms with E-state index in [9.17, 15) is 39.0 Å². The lowest BCUT2D eigenvalue weighted by atomic mass is 9.98. The van der Waals surface area contributed by atoms with Gasteiger partial charge in [0.1, 0.15) is 29.9 Å². The smallest absolute Gasteiger partial charge is 0.305 e. The second-order valence-corrected chi connectivity index (χ2v) is 14.0. The minimum atomic E-state index is -1.47. The molecule has 294 valence electrons. The Balaban J connectivity index is 1.40. The zero-order valence-electron chi connectivity index (χ0n) is 30.9. The van der Waals surface area contributed by atoms with E-state index in [-0.39, 0.29) is 25.0 Å². The summed E-state index contributed by atoms with van der Waals surface area (Å²) in [7, 11) is 0. The third-order valence-electron chi connectivity index (χ3n) is 9.48. The predicted molar refractivity (Wildman–Crippen MR) is 208 cm³/mol. The Labute approximate surface area is 321 Å². The molecule has 2 aromatic heterocycles. The lowest BCUT2D eigenvalue weighted by Gasteiger charge is -2.28. The number of primary amides is 1. The fourth-order valence-corrected chi connectivity index (χ4v) is 6.43. The molecule has 0 spiro atoms. The normalized spacial score (nSPS) is 14.0. The van der Waals surface area contributed by atoms with Crippen LogP contribution in [0.2, 0.25) is 0 Å². The van der Waals surface area contributed by atoms with Crippen molar-refractivity contribution in [3.05, 3.63) is 102 Å². The van der Waals surface area contributed by atoms with E-state index in [4.69, 9.17) is 11.5 Å². The van der Waals surface area contributed by atoms with E-state index in [0.717, 1.165) is 27.4 Å². The first-order valence-corrected chi connectivity index (χ1v) is 18.1. The molecule has 0 saturated carbocycles.